The number of thioether (sulfide) groups is 1. The first kappa shape index (κ1) is 18.8. The van der Waals surface area contributed by atoms with Crippen LogP contribution < -0.4 is 9.64 Å². The molecule has 0 N–H and O–H groups in total. The summed E-state index contributed by atoms with van der Waals surface area (Å²) >= 11 is 1.88. The van der Waals surface area contributed by atoms with Crippen LogP contribution in [0.1, 0.15) is 49.5 Å². The molecule has 1 aromatic heterocycles. The number of methoxy groups -OCH3 is 1. The van der Waals surface area contributed by atoms with E-state index in [1.807, 2.05) is 24.0 Å². The summed E-state index contributed by atoms with van der Waals surface area (Å²) in [5, 5.41) is 1.16. The molecule has 2 fully saturated rings. The van der Waals surface area contributed by atoms with Crippen LogP contribution in [0.4, 0.5) is 5.69 Å². The Morgan fingerprint density at radius 3 is 2.76 bits per heavy atom. The number of rotatable bonds is 5. The predicted molar refractivity (Wildman–Crippen MR) is 120 cm³/mol. The summed E-state index contributed by atoms with van der Waals surface area (Å²) < 4.78 is 5.93. The number of anilines is 1. The second-order valence-electron chi connectivity index (χ2n) is 7.96. The number of aromatic nitrogens is 1. The smallest absolute Gasteiger partial charge is 0.160 e. The fourth-order valence-electron chi connectivity index (χ4n) is 4.80. The van der Waals surface area contributed by atoms with Crippen LogP contribution in [0.25, 0.3) is 0 Å². The molecule has 2 aromatic rings. The van der Waals surface area contributed by atoms with Crippen LogP contribution >= 0.6 is 11.8 Å². The van der Waals surface area contributed by atoms with E-state index < -0.39 is 0 Å². The molecule has 0 aliphatic carbocycles. The molecule has 5 rings (SSSR count). The number of fused-ring (bicyclic) bond motifs is 1. The Bertz CT molecular complexity index is 897. The highest BCUT2D eigenvalue weighted by Crippen LogP contribution is 2.50. The van der Waals surface area contributed by atoms with Crippen molar-refractivity contribution in [3.63, 3.8) is 0 Å². The number of benzene rings is 1. The van der Waals surface area contributed by atoms with Gasteiger partial charge in [-0.2, -0.15) is 0 Å². The second-order valence-corrected chi connectivity index (χ2v) is 8.94. The average molecular weight is 409 g/mol. The van der Waals surface area contributed by atoms with Crippen molar-refractivity contribution < 1.29 is 4.74 Å². The van der Waals surface area contributed by atoms with Gasteiger partial charge < -0.3 is 14.5 Å². The highest BCUT2D eigenvalue weighted by molar-refractivity contribution is 8.14. The monoisotopic (exact) mass is 408 g/mol. The van der Waals surface area contributed by atoms with Crippen LogP contribution in [0.5, 0.6) is 5.75 Å². The minimum atomic E-state index is -0.000383. The van der Waals surface area contributed by atoms with Crippen molar-refractivity contribution in [1.82, 2.24) is 9.88 Å². The van der Waals surface area contributed by atoms with E-state index in [1.165, 1.54) is 24.1 Å². The topological polar surface area (TPSA) is 41.0 Å². The zero-order valence-corrected chi connectivity index (χ0v) is 17.9. The maximum absolute atomic E-state index is 5.93. The summed E-state index contributed by atoms with van der Waals surface area (Å²) in [7, 11) is 1.79. The van der Waals surface area contributed by atoms with E-state index in [2.05, 4.69) is 52.0 Å². The van der Waals surface area contributed by atoms with Gasteiger partial charge >= 0.3 is 0 Å². The minimum Gasteiger partial charge on any atom is -0.496 e. The van der Waals surface area contributed by atoms with E-state index in [4.69, 9.17) is 9.73 Å². The van der Waals surface area contributed by atoms with Crippen molar-refractivity contribution in [3.05, 3.63) is 53.9 Å². The summed E-state index contributed by atoms with van der Waals surface area (Å²) in [5.41, 5.74) is 3.51. The van der Waals surface area contributed by atoms with Gasteiger partial charge in [0.05, 0.1) is 18.8 Å². The molecular formula is C23H28N4OS. The predicted octanol–water partition coefficient (Wildman–Crippen LogP) is 4.67. The molecule has 1 aromatic carbocycles. The van der Waals surface area contributed by atoms with Crippen molar-refractivity contribution in [2.45, 2.75) is 44.3 Å². The molecule has 3 aliphatic heterocycles. The van der Waals surface area contributed by atoms with Crippen LogP contribution in [-0.4, -0.2) is 47.0 Å². The zero-order valence-electron chi connectivity index (χ0n) is 17.1. The molecule has 0 saturated carbocycles. The lowest BCUT2D eigenvalue weighted by molar-refractivity contribution is 0.249. The highest BCUT2D eigenvalue weighted by atomic mass is 32.2. The molecule has 0 unspecified atom stereocenters. The Hall–Kier alpha value is -2.21. The summed E-state index contributed by atoms with van der Waals surface area (Å²) in [6.45, 7) is 4.54. The maximum Gasteiger partial charge on any atom is 0.160 e. The van der Waals surface area contributed by atoms with Crippen LogP contribution in [0.15, 0.2) is 47.6 Å². The number of hydrogen-bond donors (Lipinski definition) is 0. The average Bonchev–Trinajstić information content (AvgIpc) is 3.50. The SMILES string of the molecule is CC[C@@H]1CSC2=N[C@@H](c3ccccn3)[C@@H](c3ccc(N4CCCC4)cc3OC)N21. The maximum atomic E-state index is 5.93. The van der Waals surface area contributed by atoms with Crippen LogP contribution in [-0.2, 0) is 0 Å². The van der Waals surface area contributed by atoms with Gasteiger partial charge in [0.15, 0.2) is 5.17 Å². The van der Waals surface area contributed by atoms with Crippen LogP contribution in [0.2, 0.25) is 0 Å². The van der Waals surface area contributed by atoms with Gasteiger partial charge in [-0.1, -0.05) is 30.8 Å². The Morgan fingerprint density at radius 2 is 2.03 bits per heavy atom. The van der Waals surface area contributed by atoms with Gasteiger partial charge in [0, 0.05) is 48.4 Å². The molecule has 5 nitrogen and oxygen atoms in total. The van der Waals surface area contributed by atoms with Gasteiger partial charge in [-0.15, -0.1) is 0 Å². The molecule has 6 heteroatoms. The van der Waals surface area contributed by atoms with E-state index in [9.17, 15) is 0 Å². The van der Waals surface area contributed by atoms with Crippen molar-refractivity contribution >= 4 is 22.6 Å². The molecule has 0 bridgehead atoms. The third kappa shape index (κ3) is 3.27. The first-order valence-corrected chi connectivity index (χ1v) is 11.6. The van der Waals surface area contributed by atoms with Gasteiger partial charge in [-0.25, -0.2) is 0 Å². The molecule has 3 atom stereocenters. The van der Waals surface area contributed by atoms with Gasteiger partial charge in [0.25, 0.3) is 0 Å². The Labute approximate surface area is 177 Å². The van der Waals surface area contributed by atoms with Crippen molar-refractivity contribution in [2.75, 3.05) is 30.9 Å². The van der Waals surface area contributed by atoms with Crippen molar-refractivity contribution in [3.8, 4) is 5.75 Å². The third-order valence-corrected chi connectivity index (χ3v) is 7.46. The first-order valence-electron chi connectivity index (χ1n) is 10.6. The number of ether oxygens (including phenoxy) is 1. The quantitative estimate of drug-likeness (QED) is 0.719. The second kappa shape index (κ2) is 7.90. The summed E-state index contributed by atoms with van der Waals surface area (Å²) in [4.78, 5) is 14.8. The summed E-state index contributed by atoms with van der Waals surface area (Å²) in [5.74, 6) is 2.07. The zero-order chi connectivity index (χ0) is 19.8. The highest BCUT2D eigenvalue weighted by Gasteiger charge is 2.46. The van der Waals surface area contributed by atoms with Crippen molar-refractivity contribution in [2.24, 2.45) is 4.99 Å². The molecule has 4 heterocycles. The Morgan fingerprint density at radius 1 is 1.17 bits per heavy atom. The number of amidine groups is 1. The van der Waals surface area contributed by atoms with E-state index in [0.29, 0.717) is 6.04 Å². The molecule has 0 amide bonds. The van der Waals surface area contributed by atoms with Gasteiger partial charge in [0.1, 0.15) is 11.8 Å². The third-order valence-electron chi connectivity index (χ3n) is 6.34. The lowest BCUT2D eigenvalue weighted by Gasteiger charge is -2.33. The Balaban J connectivity index is 1.57. The summed E-state index contributed by atoms with van der Waals surface area (Å²) in [6, 6.07) is 13.5. The molecule has 29 heavy (non-hydrogen) atoms. The first-order chi connectivity index (χ1) is 14.3. The molecule has 2 saturated heterocycles. The van der Waals surface area contributed by atoms with E-state index in [-0.39, 0.29) is 12.1 Å². The number of aliphatic imine (C=N–C) groups is 1. The number of hydrogen-bond acceptors (Lipinski definition) is 6. The molecule has 0 spiro atoms. The number of pyridine rings is 1. The van der Waals surface area contributed by atoms with Crippen LogP contribution in [0, 0.1) is 0 Å². The lowest BCUT2D eigenvalue weighted by atomic mass is 9.94. The fourth-order valence-corrected chi connectivity index (χ4v) is 6.14. The van der Waals surface area contributed by atoms with E-state index >= 15 is 0 Å². The van der Waals surface area contributed by atoms with Crippen LogP contribution in [0.3, 0.4) is 0 Å². The lowest BCUT2D eigenvalue weighted by Crippen LogP contribution is -2.35. The Kier molecular flexibility index (Phi) is 5.12. The standard InChI is InChI=1S/C23H28N4OS/c1-3-16-15-29-23-25-21(19-8-4-5-11-24-19)22(27(16)23)18-10-9-17(14-20(18)28-2)26-12-6-7-13-26/h4-5,8-11,14,16,21-22H,3,6-7,12-13,15H2,1-2H3/t16-,21+,22-/m1/s1. The molecule has 3 aliphatic rings. The number of nitrogens with zero attached hydrogens (tertiary/aromatic N) is 4. The fraction of sp³-hybridized carbons (Fsp3) is 0.478. The van der Waals surface area contributed by atoms with E-state index in [1.54, 1.807) is 7.11 Å². The van der Waals surface area contributed by atoms with E-state index in [0.717, 1.165) is 41.9 Å². The molecule has 0 radical (unpaired) electrons. The van der Waals surface area contributed by atoms with Crippen molar-refractivity contribution in [1.29, 1.82) is 0 Å². The van der Waals surface area contributed by atoms with Gasteiger partial charge in [-0.05, 0) is 37.5 Å². The van der Waals surface area contributed by atoms with Gasteiger partial charge in [-0.3, -0.25) is 9.98 Å². The minimum absolute atomic E-state index is 0.000383. The largest absolute Gasteiger partial charge is 0.496 e. The summed E-state index contributed by atoms with van der Waals surface area (Å²) in [6.07, 6.45) is 5.53. The molecular weight excluding hydrogens is 380 g/mol. The molecule has 152 valence electrons. The normalized spacial score (nSPS) is 26.0. The van der Waals surface area contributed by atoms with Gasteiger partial charge in [0.2, 0.25) is 0 Å².